The first-order valence-corrected chi connectivity index (χ1v) is 9.31. The number of hydrogen-bond donors (Lipinski definition) is 0. The van der Waals surface area contributed by atoms with Gasteiger partial charge >= 0.3 is 0 Å². The van der Waals surface area contributed by atoms with Crippen molar-refractivity contribution in [1.82, 2.24) is 25.1 Å². The molecule has 1 aliphatic heterocycles. The molecule has 4 heterocycles. The Bertz CT molecular complexity index is 941. The van der Waals surface area contributed by atoms with Gasteiger partial charge in [-0.2, -0.15) is 4.98 Å². The van der Waals surface area contributed by atoms with E-state index in [1.807, 2.05) is 6.92 Å². The summed E-state index contributed by atoms with van der Waals surface area (Å²) in [4.78, 5) is 20.4. The van der Waals surface area contributed by atoms with Gasteiger partial charge in [0.05, 0.1) is 17.9 Å². The summed E-state index contributed by atoms with van der Waals surface area (Å²) in [5.41, 5.74) is 2.87. The first-order valence-electron chi connectivity index (χ1n) is 9.31. The maximum atomic E-state index is 5.52. The van der Waals surface area contributed by atoms with Gasteiger partial charge in [0.1, 0.15) is 12.1 Å². The van der Waals surface area contributed by atoms with E-state index in [9.17, 15) is 0 Å². The van der Waals surface area contributed by atoms with Crippen molar-refractivity contribution in [3.8, 4) is 0 Å². The molecule has 8 heteroatoms. The summed E-state index contributed by atoms with van der Waals surface area (Å²) in [6.45, 7) is 6.41. The number of methoxy groups -OCH3 is 1. The normalized spacial score (nSPS) is 17.6. The zero-order chi connectivity index (χ0) is 18.8. The van der Waals surface area contributed by atoms with E-state index in [0.29, 0.717) is 24.7 Å². The Balaban J connectivity index is 1.60. The minimum absolute atomic E-state index is 0.200. The molecule has 1 unspecified atom stereocenters. The van der Waals surface area contributed by atoms with Crippen LogP contribution in [0.2, 0.25) is 0 Å². The quantitative estimate of drug-likeness (QED) is 0.679. The number of pyridine rings is 1. The molecule has 0 amide bonds. The molecule has 142 valence electrons. The summed E-state index contributed by atoms with van der Waals surface area (Å²) in [5.74, 6) is 2.54. The Kier molecular flexibility index (Phi) is 4.98. The van der Waals surface area contributed by atoms with Crippen molar-refractivity contribution >= 4 is 16.9 Å². The number of nitrogens with zero attached hydrogens (tertiary/aromatic N) is 6. The Morgan fingerprint density at radius 1 is 1.26 bits per heavy atom. The third-order valence-electron chi connectivity index (χ3n) is 4.99. The molecular weight excluding hydrogens is 344 g/mol. The number of fused-ring (bicyclic) bond motifs is 1. The molecule has 1 aliphatic rings. The van der Waals surface area contributed by atoms with Gasteiger partial charge in [-0.1, -0.05) is 5.16 Å². The first kappa shape index (κ1) is 17.8. The van der Waals surface area contributed by atoms with Gasteiger partial charge in [0.25, 0.3) is 0 Å². The van der Waals surface area contributed by atoms with E-state index in [1.165, 1.54) is 0 Å². The maximum Gasteiger partial charge on any atom is 0.231 e. The Hall–Kier alpha value is -2.61. The number of hydrogen-bond acceptors (Lipinski definition) is 8. The fourth-order valence-corrected chi connectivity index (χ4v) is 3.73. The third kappa shape index (κ3) is 3.62. The average molecular weight is 368 g/mol. The molecule has 27 heavy (non-hydrogen) atoms. The molecule has 0 spiro atoms. The van der Waals surface area contributed by atoms with Crippen LogP contribution in [-0.2, 0) is 11.2 Å². The molecule has 3 aromatic rings. The fourth-order valence-electron chi connectivity index (χ4n) is 3.73. The maximum absolute atomic E-state index is 5.52. The summed E-state index contributed by atoms with van der Waals surface area (Å²) < 4.78 is 10.6. The van der Waals surface area contributed by atoms with Crippen LogP contribution in [0, 0.1) is 13.8 Å². The van der Waals surface area contributed by atoms with Crippen molar-refractivity contribution in [2.75, 3.05) is 31.7 Å². The largest absolute Gasteiger partial charge is 0.384 e. The van der Waals surface area contributed by atoms with Crippen LogP contribution < -0.4 is 4.90 Å². The number of anilines is 1. The minimum Gasteiger partial charge on any atom is -0.384 e. The molecule has 0 bridgehead atoms. The van der Waals surface area contributed by atoms with Gasteiger partial charge in [0, 0.05) is 32.3 Å². The van der Waals surface area contributed by atoms with Gasteiger partial charge in [0.2, 0.25) is 5.89 Å². The number of aromatic nitrogens is 5. The van der Waals surface area contributed by atoms with Gasteiger partial charge in [-0.25, -0.2) is 15.0 Å². The predicted octanol–water partition coefficient (Wildman–Crippen LogP) is 2.60. The molecule has 1 fully saturated rings. The van der Waals surface area contributed by atoms with Crippen molar-refractivity contribution in [1.29, 1.82) is 0 Å². The van der Waals surface area contributed by atoms with E-state index in [1.54, 1.807) is 13.4 Å². The molecule has 1 saturated heterocycles. The van der Waals surface area contributed by atoms with Gasteiger partial charge in [0.15, 0.2) is 11.5 Å². The number of rotatable bonds is 5. The minimum atomic E-state index is 0.200. The molecule has 0 saturated carbocycles. The van der Waals surface area contributed by atoms with Crippen LogP contribution in [0.1, 0.15) is 41.7 Å². The highest BCUT2D eigenvalue weighted by Crippen LogP contribution is 2.32. The van der Waals surface area contributed by atoms with Crippen molar-refractivity contribution in [3.63, 3.8) is 0 Å². The van der Waals surface area contributed by atoms with Crippen molar-refractivity contribution in [3.05, 3.63) is 35.4 Å². The lowest BCUT2D eigenvalue weighted by Crippen LogP contribution is -2.35. The standard InChI is InChI=1S/C19H24N6O2/c1-12-9-13(2)22-17-16(12)18(21-11-20-17)25-7-4-5-14(10-25)19-23-15(24-27-19)6-8-26-3/h9,11,14H,4-8,10H2,1-3H3. The topological polar surface area (TPSA) is 90.1 Å². The van der Waals surface area contributed by atoms with E-state index in [-0.39, 0.29) is 5.92 Å². The number of piperidine rings is 1. The zero-order valence-electron chi connectivity index (χ0n) is 16.0. The zero-order valence-corrected chi connectivity index (χ0v) is 16.0. The van der Waals surface area contributed by atoms with Crippen LogP contribution in [-0.4, -0.2) is 51.9 Å². The second-order valence-corrected chi connectivity index (χ2v) is 7.05. The third-order valence-corrected chi connectivity index (χ3v) is 4.99. The second kappa shape index (κ2) is 7.56. The highest BCUT2D eigenvalue weighted by molar-refractivity contribution is 5.90. The molecule has 0 aliphatic carbocycles. The SMILES string of the molecule is COCCc1noc(C2CCCN(c3ncnc4nc(C)cc(C)c34)C2)n1. The Morgan fingerprint density at radius 2 is 2.15 bits per heavy atom. The molecule has 0 radical (unpaired) electrons. The summed E-state index contributed by atoms with van der Waals surface area (Å²) in [6, 6.07) is 2.08. The van der Waals surface area contributed by atoms with Crippen LogP contribution in [0.5, 0.6) is 0 Å². The van der Waals surface area contributed by atoms with Crippen LogP contribution in [0.25, 0.3) is 11.0 Å². The summed E-state index contributed by atoms with van der Waals surface area (Å²) in [5, 5.41) is 5.10. The van der Waals surface area contributed by atoms with Gasteiger partial charge in [-0.05, 0) is 38.3 Å². The molecule has 0 N–H and O–H groups in total. The van der Waals surface area contributed by atoms with Gasteiger partial charge in [-0.3, -0.25) is 0 Å². The molecule has 1 atom stereocenters. The number of ether oxygens (including phenoxy) is 1. The molecule has 3 aromatic heterocycles. The molecule has 4 rings (SSSR count). The van der Waals surface area contributed by atoms with Gasteiger partial charge < -0.3 is 14.2 Å². The van der Waals surface area contributed by atoms with Crippen molar-refractivity contribution in [2.24, 2.45) is 0 Å². The smallest absolute Gasteiger partial charge is 0.231 e. The van der Waals surface area contributed by atoms with Crippen molar-refractivity contribution in [2.45, 2.75) is 39.0 Å². The lowest BCUT2D eigenvalue weighted by Gasteiger charge is -2.32. The lowest BCUT2D eigenvalue weighted by molar-refractivity contribution is 0.199. The number of aryl methyl sites for hydroxylation is 2. The van der Waals surface area contributed by atoms with Crippen LogP contribution in [0.4, 0.5) is 5.82 Å². The van der Waals surface area contributed by atoms with E-state index in [0.717, 1.165) is 54.0 Å². The molecular formula is C19H24N6O2. The van der Waals surface area contributed by atoms with E-state index in [4.69, 9.17) is 9.26 Å². The van der Waals surface area contributed by atoms with E-state index in [2.05, 4.69) is 43.0 Å². The monoisotopic (exact) mass is 368 g/mol. The lowest BCUT2D eigenvalue weighted by atomic mass is 9.97. The summed E-state index contributed by atoms with van der Waals surface area (Å²) in [7, 11) is 1.67. The Labute approximate surface area is 158 Å². The fraction of sp³-hybridized carbons (Fsp3) is 0.526. The second-order valence-electron chi connectivity index (χ2n) is 7.05. The predicted molar refractivity (Wildman–Crippen MR) is 101 cm³/mol. The van der Waals surface area contributed by atoms with E-state index < -0.39 is 0 Å². The van der Waals surface area contributed by atoms with Crippen LogP contribution in [0.15, 0.2) is 16.9 Å². The average Bonchev–Trinajstić information content (AvgIpc) is 3.15. The highest BCUT2D eigenvalue weighted by atomic mass is 16.5. The molecule has 0 aromatic carbocycles. The summed E-state index contributed by atoms with van der Waals surface area (Å²) in [6.07, 6.45) is 4.34. The van der Waals surface area contributed by atoms with Crippen LogP contribution >= 0.6 is 0 Å². The van der Waals surface area contributed by atoms with Crippen molar-refractivity contribution < 1.29 is 9.26 Å². The first-order chi connectivity index (χ1) is 13.2. The molecule has 8 nitrogen and oxygen atoms in total. The van der Waals surface area contributed by atoms with Crippen LogP contribution in [0.3, 0.4) is 0 Å². The van der Waals surface area contributed by atoms with E-state index >= 15 is 0 Å². The highest BCUT2D eigenvalue weighted by Gasteiger charge is 2.28. The Morgan fingerprint density at radius 3 is 3.00 bits per heavy atom. The summed E-state index contributed by atoms with van der Waals surface area (Å²) >= 11 is 0. The van der Waals surface area contributed by atoms with Gasteiger partial charge in [-0.15, -0.1) is 0 Å².